The van der Waals surface area contributed by atoms with E-state index in [0.29, 0.717) is 11.3 Å². The van der Waals surface area contributed by atoms with E-state index in [1.165, 1.54) is 7.11 Å². The summed E-state index contributed by atoms with van der Waals surface area (Å²) in [7, 11) is 1.20. The van der Waals surface area contributed by atoms with Gasteiger partial charge in [-0.05, 0) is 13.8 Å². The molecule has 0 aromatic carbocycles. The maximum absolute atomic E-state index is 11.1. The van der Waals surface area contributed by atoms with Crippen molar-refractivity contribution in [2.24, 2.45) is 0 Å². The number of aryl methyl sites for hydroxylation is 1. The molecule has 0 atom stereocenters. The van der Waals surface area contributed by atoms with Gasteiger partial charge in [0.2, 0.25) is 0 Å². The fraction of sp³-hybridized carbons (Fsp3) is 0.333. The molecule has 0 saturated carbocycles. The highest BCUT2D eigenvalue weighted by atomic mass is 16.6. The van der Waals surface area contributed by atoms with Crippen LogP contribution in [0.2, 0.25) is 0 Å². The third kappa shape index (κ3) is 2.09. The van der Waals surface area contributed by atoms with E-state index in [4.69, 9.17) is 0 Å². The topological polar surface area (TPSA) is 82.3 Å². The summed E-state index contributed by atoms with van der Waals surface area (Å²) >= 11 is 0. The fourth-order valence-electron chi connectivity index (χ4n) is 1.12. The van der Waals surface area contributed by atoms with Gasteiger partial charge in [0.05, 0.1) is 12.0 Å². The van der Waals surface area contributed by atoms with Gasteiger partial charge in [-0.3, -0.25) is 10.1 Å². The number of rotatable bonds is 2. The second-order valence-corrected chi connectivity index (χ2v) is 2.99. The summed E-state index contributed by atoms with van der Waals surface area (Å²) in [4.78, 5) is 25.2. The molecule has 0 bridgehead atoms. The Hall–Kier alpha value is -1.98. The highest BCUT2D eigenvalue weighted by molar-refractivity contribution is 5.88. The van der Waals surface area contributed by atoms with Crippen LogP contribution in [0.1, 0.15) is 21.7 Å². The summed E-state index contributed by atoms with van der Waals surface area (Å²) in [5.74, 6) is -0.679. The molecule has 1 rings (SSSR count). The number of pyridine rings is 1. The molecule has 0 unspecified atom stereocenters. The fourth-order valence-corrected chi connectivity index (χ4v) is 1.12. The number of aromatic nitrogens is 1. The summed E-state index contributed by atoms with van der Waals surface area (Å²) in [6, 6.07) is 1.12. The minimum absolute atomic E-state index is 0.0488. The molecule has 0 fully saturated rings. The van der Waals surface area contributed by atoms with Gasteiger partial charge in [0.25, 0.3) is 5.69 Å². The van der Waals surface area contributed by atoms with E-state index in [9.17, 15) is 14.9 Å². The number of ether oxygens (including phenoxy) is 1. The Morgan fingerprint density at radius 1 is 1.53 bits per heavy atom. The average molecular weight is 210 g/mol. The van der Waals surface area contributed by atoms with Crippen LogP contribution in [0.15, 0.2) is 6.07 Å². The smallest absolute Gasteiger partial charge is 0.356 e. The molecule has 1 aromatic rings. The zero-order chi connectivity index (χ0) is 11.6. The standard InChI is InChI=1S/C9H10N2O4/c1-5-6(2)10-7(9(12)15-3)4-8(5)11(13)14/h4H,1-3H3. The first kappa shape index (κ1) is 11.1. The second-order valence-electron chi connectivity index (χ2n) is 2.99. The van der Waals surface area contributed by atoms with E-state index >= 15 is 0 Å². The van der Waals surface area contributed by atoms with Crippen molar-refractivity contribution in [2.75, 3.05) is 7.11 Å². The Kier molecular flexibility index (Phi) is 2.99. The van der Waals surface area contributed by atoms with Gasteiger partial charge in [-0.25, -0.2) is 9.78 Å². The van der Waals surface area contributed by atoms with Gasteiger partial charge < -0.3 is 4.74 Å². The van der Waals surface area contributed by atoms with Crippen LogP contribution in [0.4, 0.5) is 5.69 Å². The lowest BCUT2D eigenvalue weighted by Crippen LogP contribution is -2.08. The Morgan fingerprint density at radius 2 is 2.13 bits per heavy atom. The number of methoxy groups -OCH3 is 1. The van der Waals surface area contributed by atoms with Crippen molar-refractivity contribution in [1.82, 2.24) is 4.98 Å². The molecule has 0 saturated heterocycles. The summed E-state index contributed by atoms with van der Waals surface area (Å²) in [6.45, 7) is 3.19. The Morgan fingerprint density at radius 3 is 2.60 bits per heavy atom. The third-order valence-electron chi connectivity index (χ3n) is 2.08. The minimum Gasteiger partial charge on any atom is -0.464 e. The Balaban J connectivity index is 3.35. The number of hydrogen-bond acceptors (Lipinski definition) is 5. The first-order chi connectivity index (χ1) is 6.97. The van der Waals surface area contributed by atoms with Crippen LogP contribution in [0.25, 0.3) is 0 Å². The van der Waals surface area contributed by atoms with Crippen LogP contribution >= 0.6 is 0 Å². The SMILES string of the molecule is COC(=O)c1cc([N+](=O)[O-])c(C)c(C)n1. The molecule has 0 spiro atoms. The molecule has 1 heterocycles. The summed E-state index contributed by atoms with van der Waals surface area (Å²) in [5, 5.41) is 10.7. The molecular formula is C9H10N2O4. The largest absolute Gasteiger partial charge is 0.464 e. The lowest BCUT2D eigenvalue weighted by atomic mass is 10.1. The predicted molar refractivity (Wildman–Crippen MR) is 51.7 cm³/mol. The number of carbonyl (C=O) groups excluding carboxylic acids is 1. The highest BCUT2D eigenvalue weighted by Gasteiger charge is 2.19. The van der Waals surface area contributed by atoms with Crippen molar-refractivity contribution in [3.63, 3.8) is 0 Å². The highest BCUT2D eigenvalue weighted by Crippen LogP contribution is 2.21. The number of hydrogen-bond donors (Lipinski definition) is 0. The summed E-state index contributed by atoms with van der Waals surface area (Å²) in [5.41, 5.74) is 0.729. The van der Waals surface area contributed by atoms with Gasteiger partial charge in [0, 0.05) is 17.3 Å². The van der Waals surface area contributed by atoms with Crippen LogP contribution in [-0.2, 0) is 4.74 Å². The van der Waals surface area contributed by atoms with Crippen molar-refractivity contribution in [3.8, 4) is 0 Å². The Bertz CT molecular complexity index is 428. The molecule has 0 aliphatic carbocycles. The van der Waals surface area contributed by atoms with E-state index in [0.717, 1.165) is 6.07 Å². The number of nitrogens with zero attached hydrogens (tertiary/aromatic N) is 2. The minimum atomic E-state index is -0.679. The molecule has 0 N–H and O–H groups in total. The molecule has 0 aliphatic heterocycles. The van der Waals surface area contributed by atoms with Gasteiger partial charge in [-0.2, -0.15) is 0 Å². The van der Waals surface area contributed by atoms with E-state index in [1.54, 1.807) is 13.8 Å². The van der Waals surface area contributed by atoms with Crippen molar-refractivity contribution in [2.45, 2.75) is 13.8 Å². The average Bonchev–Trinajstić information content (AvgIpc) is 2.20. The lowest BCUT2D eigenvalue weighted by molar-refractivity contribution is -0.385. The van der Waals surface area contributed by atoms with Crippen LogP contribution in [-0.4, -0.2) is 23.0 Å². The van der Waals surface area contributed by atoms with Crippen molar-refractivity contribution in [1.29, 1.82) is 0 Å². The second kappa shape index (κ2) is 4.04. The van der Waals surface area contributed by atoms with Gasteiger partial charge in [0.15, 0.2) is 5.69 Å². The number of nitro groups is 1. The van der Waals surface area contributed by atoms with Gasteiger partial charge >= 0.3 is 5.97 Å². The van der Waals surface area contributed by atoms with Crippen LogP contribution in [0, 0.1) is 24.0 Å². The lowest BCUT2D eigenvalue weighted by Gasteiger charge is -2.03. The van der Waals surface area contributed by atoms with Gasteiger partial charge in [0.1, 0.15) is 0 Å². The molecule has 6 nitrogen and oxygen atoms in total. The quantitative estimate of drug-likeness (QED) is 0.418. The van der Waals surface area contributed by atoms with E-state index in [-0.39, 0.29) is 11.4 Å². The van der Waals surface area contributed by atoms with Crippen LogP contribution in [0.5, 0.6) is 0 Å². The van der Waals surface area contributed by atoms with Crippen LogP contribution < -0.4 is 0 Å². The zero-order valence-electron chi connectivity index (χ0n) is 8.60. The number of esters is 1. The van der Waals surface area contributed by atoms with Crippen molar-refractivity contribution < 1.29 is 14.5 Å². The summed E-state index contributed by atoms with van der Waals surface area (Å²) in [6.07, 6.45) is 0. The van der Waals surface area contributed by atoms with E-state index in [1.807, 2.05) is 0 Å². The Labute approximate surface area is 86.0 Å². The zero-order valence-corrected chi connectivity index (χ0v) is 8.60. The predicted octanol–water partition coefficient (Wildman–Crippen LogP) is 1.39. The van der Waals surface area contributed by atoms with E-state index in [2.05, 4.69) is 9.72 Å². The number of carbonyl (C=O) groups is 1. The van der Waals surface area contributed by atoms with E-state index < -0.39 is 10.9 Å². The van der Waals surface area contributed by atoms with Crippen LogP contribution in [0.3, 0.4) is 0 Å². The molecule has 0 radical (unpaired) electrons. The first-order valence-corrected chi connectivity index (χ1v) is 4.18. The monoisotopic (exact) mass is 210 g/mol. The van der Waals surface area contributed by atoms with Crippen molar-refractivity contribution >= 4 is 11.7 Å². The normalized spacial score (nSPS) is 9.80. The maximum atomic E-state index is 11.1. The molecule has 15 heavy (non-hydrogen) atoms. The maximum Gasteiger partial charge on any atom is 0.356 e. The van der Waals surface area contributed by atoms with Gasteiger partial charge in [-0.15, -0.1) is 0 Å². The molecule has 0 amide bonds. The molecule has 6 heteroatoms. The first-order valence-electron chi connectivity index (χ1n) is 4.18. The molecule has 1 aromatic heterocycles. The van der Waals surface area contributed by atoms with Gasteiger partial charge in [-0.1, -0.05) is 0 Å². The summed E-state index contributed by atoms with van der Waals surface area (Å²) < 4.78 is 4.44. The molecular weight excluding hydrogens is 200 g/mol. The third-order valence-corrected chi connectivity index (χ3v) is 2.08. The molecule has 80 valence electrons. The van der Waals surface area contributed by atoms with Crippen molar-refractivity contribution in [3.05, 3.63) is 33.1 Å². The molecule has 0 aliphatic rings.